The van der Waals surface area contributed by atoms with Crippen molar-refractivity contribution in [1.29, 1.82) is 0 Å². The van der Waals surface area contributed by atoms with Crippen LogP contribution < -0.4 is 10.6 Å². The number of rotatable bonds is 4. The van der Waals surface area contributed by atoms with Gasteiger partial charge in [0, 0.05) is 38.4 Å². The second-order valence-electron chi connectivity index (χ2n) is 5.73. The maximum Gasteiger partial charge on any atom is 0.323 e. The van der Waals surface area contributed by atoms with E-state index in [1.54, 1.807) is 26.7 Å². The summed E-state index contributed by atoms with van der Waals surface area (Å²) in [6, 6.07) is 1.61. The molecule has 1 aromatic heterocycles. The van der Waals surface area contributed by atoms with Gasteiger partial charge >= 0.3 is 12.1 Å². The summed E-state index contributed by atoms with van der Waals surface area (Å²) in [5, 5.41) is 9.89. The van der Waals surface area contributed by atoms with Crippen molar-refractivity contribution < 1.29 is 14.3 Å². The quantitative estimate of drug-likeness (QED) is 0.826. The second kappa shape index (κ2) is 6.86. The molecule has 1 atom stereocenters. The van der Waals surface area contributed by atoms with Crippen LogP contribution in [0, 0.1) is 0 Å². The number of carbonyl (C=O) groups is 2. The highest BCUT2D eigenvalue weighted by Crippen LogP contribution is 2.10. The van der Waals surface area contributed by atoms with E-state index < -0.39 is 0 Å². The number of nitrogens with zero attached hydrogens (tertiary/aromatic N) is 4. The van der Waals surface area contributed by atoms with E-state index >= 15 is 0 Å². The van der Waals surface area contributed by atoms with Crippen LogP contribution in [-0.4, -0.2) is 77.1 Å². The Morgan fingerprint density at radius 3 is 3.09 bits per heavy atom. The number of urea groups is 2. The summed E-state index contributed by atoms with van der Waals surface area (Å²) >= 11 is 0. The molecule has 126 valence electrons. The lowest BCUT2D eigenvalue weighted by Gasteiger charge is -2.32. The van der Waals surface area contributed by atoms with Crippen LogP contribution in [0.3, 0.4) is 0 Å². The normalized spacial score (nSPS) is 21.4. The summed E-state index contributed by atoms with van der Waals surface area (Å²) in [4.78, 5) is 27.2. The number of morpholine rings is 1. The Morgan fingerprint density at radius 1 is 1.48 bits per heavy atom. The zero-order chi connectivity index (χ0) is 16.2. The van der Waals surface area contributed by atoms with Gasteiger partial charge in [-0.3, -0.25) is 10.00 Å². The Hall–Kier alpha value is -2.29. The Morgan fingerprint density at radius 2 is 2.35 bits per heavy atom. The van der Waals surface area contributed by atoms with Crippen molar-refractivity contribution in [2.24, 2.45) is 0 Å². The van der Waals surface area contributed by atoms with Crippen molar-refractivity contribution >= 4 is 17.9 Å². The molecule has 0 aliphatic carbocycles. The molecule has 0 bridgehead atoms. The number of carbonyl (C=O) groups excluding carboxylic acids is 2. The highest BCUT2D eigenvalue weighted by atomic mass is 16.5. The minimum absolute atomic E-state index is 0.0352. The predicted octanol–water partition coefficient (Wildman–Crippen LogP) is 0.161. The minimum Gasteiger partial charge on any atom is -0.377 e. The topological polar surface area (TPSA) is 91.7 Å². The fraction of sp³-hybridized carbons (Fsp3) is 0.643. The molecule has 2 fully saturated rings. The lowest BCUT2D eigenvalue weighted by Crippen LogP contribution is -2.48. The molecule has 4 amide bonds. The zero-order valence-electron chi connectivity index (χ0n) is 13.2. The van der Waals surface area contributed by atoms with Gasteiger partial charge in [-0.05, 0) is 6.92 Å². The molecule has 1 aromatic rings. The van der Waals surface area contributed by atoms with Crippen molar-refractivity contribution in [3.05, 3.63) is 12.3 Å². The molecular formula is C14H22N6O3. The number of hydrogen-bond donors (Lipinski definition) is 2. The lowest BCUT2D eigenvalue weighted by molar-refractivity contribution is 0.0221. The van der Waals surface area contributed by atoms with Gasteiger partial charge in [-0.25, -0.2) is 9.59 Å². The predicted molar refractivity (Wildman–Crippen MR) is 83.2 cm³/mol. The van der Waals surface area contributed by atoms with Crippen LogP contribution in [0.2, 0.25) is 0 Å². The SMILES string of the molecule is C[C@@H]1COCCN1C(=O)Nc1ccn(CCN2CCNC2=O)n1. The molecule has 23 heavy (non-hydrogen) atoms. The number of ether oxygens (including phenoxy) is 1. The van der Waals surface area contributed by atoms with Crippen molar-refractivity contribution in [2.75, 3.05) is 44.7 Å². The van der Waals surface area contributed by atoms with Crippen molar-refractivity contribution in [3.8, 4) is 0 Å². The van der Waals surface area contributed by atoms with E-state index in [-0.39, 0.29) is 18.1 Å². The summed E-state index contributed by atoms with van der Waals surface area (Å²) in [5.41, 5.74) is 0. The van der Waals surface area contributed by atoms with Gasteiger partial charge in [-0.15, -0.1) is 0 Å². The summed E-state index contributed by atoms with van der Waals surface area (Å²) in [6.45, 7) is 6.26. The molecule has 0 saturated carbocycles. The van der Waals surface area contributed by atoms with Gasteiger partial charge < -0.3 is 19.9 Å². The first-order valence-corrected chi connectivity index (χ1v) is 7.85. The minimum atomic E-state index is -0.162. The molecule has 3 heterocycles. The van der Waals surface area contributed by atoms with Gasteiger partial charge in [0.25, 0.3) is 0 Å². The highest BCUT2D eigenvalue weighted by Gasteiger charge is 2.24. The number of anilines is 1. The van der Waals surface area contributed by atoms with E-state index in [1.807, 2.05) is 6.92 Å². The molecule has 2 saturated heterocycles. The van der Waals surface area contributed by atoms with Crippen LogP contribution >= 0.6 is 0 Å². The molecule has 3 rings (SSSR count). The average Bonchev–Trinajstić information content (AvgIpc) is 3.14. The number of amides is 4. The van der Waals surface area contributed by atoms with Gasteiger partial charge in [0.05, 0.1) is 25.8 Å². The molecule has 2 aliphatic rings. The van der Waals surface area contributed by atoms with Gasteiger partial charge in [0.1, 0.15) is 0 Å². The van der Waals surface area contributed by atoms with E-state index in [0.29, 0.717) is 45.2 Å². The fourth-order valence-electron chi connectivity index (χ4n) is 2.71. The van der Waals surface area contributed by atoms with E-state index in [1.165, 1.54) is 0 Å². The average molecular weight is 322 g/mol. The molecule has 2 N–H and O–H groups in total. The maximum absolute atomic E-state index is 12.2. The Kier molecular flexibility index (Phi) is 4.65. The van der Waals surface area contributed by atoms with Crippen molar-refractivity contribution in [3.63, 3.8) is 0 Å². The Labute approximate surface area is 134 Å². The molecule has 0 aromatic carbocycles. The molecule has 0 spiro atoms. The number of aromatic nitrogens is 2. The smallest absolute Gasteiger partial charge is 0.323 e. The summed E-state index contributed by atoms with van der Waals surface area (Å²) in [6.07, 6.45) is 1.80. The summed E-state index contributed by atoms with van der Waals surface area (Å²) in [5.74, 6) is 0.513. The van der Waals surface area contributed by atoms with Gasteiger partial charge in [-0.1, -0.05) is 0 Å². The van der Waals surface area contributed by atoms with Crippen LogP contribution in [-0.2, 0) is 11.3 Å². The standard InChI is InChI=1S/C14H22N6O3/c1-11-10-23-9-8-20(11)14(22)16-12-2-4-19(17-12)7-6-18-5-3-15-13(18)21/h2,4,11H,3,5-10H2,1H3,(H,15,21)(H,16,17,22)/t11-/m1/s1. The van der Waals surface area contributed by atoms with E-state index in [4.69, 9.17) is 4.74 Å². The first-order valence-electron chi connectivity index (χ1n) is 7.85. The number of hydrogen-bond acceptors (Lipinski definition) is 4. The first-order chi connectivity index (χ1) is 11.1. The Bertz CT molecular complexity index is 575. The third-order valence-corrected chi connectivity index (χ3v) is 4.05. The van der Waals surface area contributed by atoms with Crippen LogP contribution in [0.4, 0.5) is 15.4 Å². The summed E-state index contributed by atoms with van der Waals surface area (Å²) < 4.78 is 7.05. The first kappa shape index (κ1) is 15.6. The van der Waals surface area contributed by atoms with Crippen molar-refractivity contribution in [1.82, 2.24) is 24.9 Å². The zero-order valence-corrected chi connectivity index (χ0v) is 13.2. The van der Waals surface area contributed by atoms with Crippen LogP contribution in [0.5, 0.6) is 0 Å². The van der Waals surface area contributed by atoms with Crippen LogP contribution in [0.1, 0.15) is 6.92 Å². The molecular weight excluding hydrogens is 300 g/mol. The van der Waals surface area contributed by atoms with E-state index in [2.05, 4.69) is 15.7 Å². The lowest BCUT2D eigenvalue weighted by atomic mass is 10.3. The van der Waals surface area contributed by atoms with Gasteiger partial charge in [0.2, 0.25) is 0 Å². The second-order valence-corrected chi connectivity index (χ2v) is 5.73. The highest BCUT2D eigenvalue weighted by molar-refractivity contribution is 5.88. The molecule has 2 aliphatic heterocycles. The van der Waals surface area contributed by atoms with Crippen molar-refractivity contribution in [2.45, 2.75) is 19.5 Å². The van der Waals surface area contributed by atoms with E-state index in [9.17, 15) is 9.59 Å². The maximum atomic E-state index is 12.2. The molecule has 0 unspecified atom stereocenters. The van der Waals surface area contributed by atoms with Crippen LogP contribution in [0.15, 0.2) is 12.3 Å². The van der Waals surface area contributed by atoms with Gasteiger partial charge in [-0.2, -0.15) is 5.10 Å². The monoisotopic (exact) mass is 322 g/mol. The third kappa shape index (κ3) is 3.73. The number of nitrogens with one attached hydrogen (secondary N) is 2. The largest absolute Gasteiger partial charge is 0.377 e. The van der Waals surface area contributed by atoms with Crippen LogP contribution in [0.25, 0.3) is 0 Å². The Balaban J connectivity index is 1.50. The molecule has 0 radical (unpaired) electrons. The summed E-state index contributed by atoms with van der Waals surface area (Å²) in [7, 11) is 0. The molecule has 9 heteroatoms. The van der Waals surface area contributed by atoms with Gasteiger partial charge in [0.15, 0.2) is 5.82 Å². The molecule has 9 nitrogen and oxygen atoms in total. The van der Waals surface area contributed by atoms with E-state index in [0.717, 1.165) is 6.54 Å². The fourth-order valence-corrected chi connectivity index (χ4v) is 2.71. The third-order valence-electron chi connectivity index (χ3n) is 4.05.